The summed E-state index contributed by atoms with van der Waals surface area (Å²) in [4.78, 5) is 11.8. The van der Waals surface area contributed by atoms with Crippen LogP contribution in [0.1, 0.15) is 24.4 Å². The fourth-order valence-electron chi connectivity index (χ4n) is 3.20. The number of nitrogens with zero attached hydrogens (tertiary/aromatic N) is 2. The molecule has 1 aliphatic carbocycles. The van der Waals surface area contributed by atoms with E-state index >= 15 is 0 Å². The van der Waals surface area contributed by atoms with Crippen molar-refractivity contribution in [2.45, 2.75) is 30.0 Å². The van der Waals surface area contributed by atoms with Crippen LogP contribution < -0.4 is 10.4 Å². The van der Waals surface area contributed by atoms with Gasteiger partial charge in [-0.25, -0.2) is 17.8 Å². The highest BCUT2D eigenvalue weighted by atomic mass is 35.5. The van der Waals surface area contributed by atoms with Gasteiger partial charge in [-0.05, 0) is 49.2 Å². The number of hydrogen-bond donors (Lipinski definition) is 3. The van der Waals surface area contributed by atoms with E-state index in [2.05, 4.69) is 4.72 Å². The minimum Gasteiger partial charge on any atom is -0.491 e. The van der Waals surface area contributed by atoms with Crippen LogP contribution in [0.15, 0.2) is 52.2 Å². The van der Waals surface area contributed by atoms with Gasteiger partial charge in [0.05, 0.1) is 22.0 Å². The lowest BCUT2D eigenvalue weighted by Crippen LogP contribution is -2.22. The van der Waals surface area contributed by atoms with Gasteiger partial charge in [0.25, 0.3) is 21.8 Å². The van der Waals surface area contributed by atoms with Gasteiger partial charge in [-0.2, -0.15) is 13.2 Å². The maximum absolute atomic E-state index is 13.0. The highest BCUT2D eigenvalue weighted by Gasteiger charge is 2.34. The predicted molar refractivity (Wildman–Crippen MR) is 109 cm³/mol. The van der Waals surface area contributed by atoms with E-state index in [9.17, 15) is 36.6 Å². The van der Waals surface area contributed by atoms with Gasteiger partial charge in [0.2, 0.25) is 0 Å². The Morgan fingerprint density at radius 3 is 2.38 bits per heavy atom. The SMILES string of the molecule is O=c1n(-c2cccc(NS(=O)(=O)c3cc(C(F)(F)F)ccc3Cl)c2)c(O)c(O)n1C1CC1. The zero-order chi connectivity index (χ0) is 23.4. The van der Waals surface area contributed by atoms with E-state index in [-0.39, 0.29) is 17.4 Å². The molecule has 0 bridgehead atoms. The van der Waals surface area contributed by atoms with E-state index in [0.29, 0.717) is 25.0 Å². The molecule has 0 unspecified atom stereocenters. The van der Waals surface area contributed by atoms with Crippen LogP contribution in [-0.4, -0.2) is 27.8 Å². The number of rotatable bonds is 5. The lowest BCUT2D eigenvalue weighted by Gasteiger charge is -2.13. The van der Waals surface area contributed by atoms with Crippen LogP contribution in [0, 0.1) is 0 Å². The van der Waals surface area contributed by atoms with E-state index in [4.69, 9.17) is 11.6 Å². The fraction of sp³-hybridized carbons (Fsp3) is 0.211. The molecule has 1 aromatic heterocycles. The Morgan fingerprint density at radius 2 is 1.75 bits per heavy atom. The zero-order valence-corrected chi connectivity index (χ0v) is 17.5. The molecular weight excluding hydrogens is 475 g/mol. The molecule has 0 radical (unpaired) electrons. The van der Waals surface area contributed by atoms with Crippen LogP contribution in [0.4, 0.5) is 18.9 Å². The highest BCUT2D eigenvalue weighted by Crippen LogP contribution is 2.40. The number of halogens is 4. The molecule has 0 spiro atoms. The Balaban J connectivity index is 1.72. The van der Waals surface area contributed by atoms with Gasteiger partial charge >= 0.3 is 11.9 Å². The number of anilines is 1. The summed E-state index contributed by atoms with van der Waals surface area (Å²) in [5, 5.41) is 19.9. The number of sulfonamides is 1. The summed E-state index contributed by atoms with van der Waals surface area (Å²) in [5.74, 6) is -1.33. The van der Waals surface area contributed by atoms with Crippen molar-refractivity contribution < 1.29 is 31.8 Å². The second kappa shape index (κ2) is 7.48. The molecule has 32 heavy (non-hydrogen) atoms. The van der Waals surface area contributed by atoms with E-state index in [1.54, 1.807) is 0 Å². The molecule has 2 aromatic carbocycles. The van der Waals surface area contributed by atoms with Crippen molar-refractivity contribution in [1.29, 1.82) is 0 Å². The number of alkyl halides is 3. The van der Waals surface area contributed by atoms with Gasteiger partial charge in [0.15, 0.2) is 0 Å². The average Bonchev–Trinajstić information content (AvgIpc) is 3.49. The molecule has 0 atom stereocenters. The third-order valence-electron chi connectivity index (χ3n) is 4.85. The predicted octanol–water partition coefficient (Wildman–Crippen LogP) is 3.86. The van der Waals surface area contributed by atoms with Crippen molar-refractivity contribution >= 4 is 27.3 Å². The largest absolute Gasteiger partial charge is 0.491 e. The quantitative estimate of drug-likeness (QED) is 0.503. The van der Waals surface area contributed by atoms with Crippen molar-refractivity contribution in [3.63, 3.8) is 0 Å². The minimum absolute atomic E-state index is 0.0255. The number of imidazole rings is 1. The first kappa shape index (κ1) is 22.1. The lowest BCUT2D eigenvalue weighted by atomic mass is 10.2. The highest BCUT2D eigenvalue weighted by molar-refractivity contribution is 7.92. The summed E-state index contributed by atoms with van der Waals surface area (Å²) in [7, 11) is -4.54. The Bertz CT molecular complexity index is 1380. The Kier molecular flexibility index (Phi) is 5.17. The first-order chi connectivity index (χ1) is 14.9. The number of aromatic hydroxyl groups is 2. The molecule has 0 aliphatic heterocycles. The minimum atomic E-state index is -4.77. The smallest absolute Gasteiger partial charge is 0.416 e. The molecule has 0 saturated heterocycles. The number of aromatic nitrogens is 2. The van der Waals surface area contributed by atoms with Gasteiger partial charge in [-0.15, -0.1) is 0 Å². The van der Waals surface area contributed by atoms with Crippen molar-refractivity contribution in [2.24, 2.45) is 0 Å². The van der Waals surface area contributed by atoms with E-state index in [1.807, 2.05) is 0 Å². The van der Waals surface area contributed by atoms with Crippen molar-refractivity contribution in [3.05, 3.63) is 63.5 Å². The summed E-state index contributed by atoms with van der Waals surface area (Å²) in [6.07, 6.45) is -3.45. The average molecular weight is 490 g/mol. The summed E-state index contributed by atoms with van der Waals surface area (Å²) in [5.41, 5.74) is -1.99. The van der Waals surface area contributed by atoms with Crippen LogP contribution >= 0.6 is 11.6 Å². The molecule has 3 aromatic rings. The Morgan fingerprint density at radius 1 is 1.06 bits per heavy atom. The summed E-state index contributed by atoms with van der Waals surface area (Å²) < 4.78 is 68.3. The van der Waals surface area contributed by atoms with Crippen LogP contribution in [0.3, 0.4) is 0 Å². The summed E-state index contributed by atoms with van der Waals surface area (Å²) in [6, 6.07) is 6.88. The zero-order valence-electron chi connectivity index (χ0n) is 16.0. The number of benzene rings is 2. The summed E-state index contributed by atoms with van der Waals surface area (Å²) >= 11 is 5.83. The maximum Gasteiger partial charge on any atom is 0.416 e. The second-order valence-electron chi connectivity index (χ2n) is 7.17. The molecule has 4 rings (SSSR count). The molecule has 170 valence electrons. The molecule has 3 N–H and O–H groups in total. The molecule has 8 nitrogen and oxygen atoms in total. The Labute approximate surface area is 184 Å². The van der Waals surface area contributed by atoms with Gasteiger partial charge in [-0.1, -0.05) is 17.7 Å². The van der Waals surface area contributed by atoms with Crippen molar-refractivity contribution in [2.75, 3.05) is 4.72 Å². The first-order valence-electron chi connectivity index (χ1n) is 9.15. The Hall–Kier alpha value is -3.12. The van der Waals surface area contributed by atoms with Crippen LogP contribution in [-0.2, 0) is 16.2 Å². The third-order valence-corrected chi connectivity index (χ3v) is 6.72. The standard InChI is InChI=1S/C19H15ClF3N3O5S/c20-14-7-4-10(19(21,22)23)8-15(14)32(30,31)24-11-2-1-3-13(9-11)26-17(28)16(27)25(18(26)29)12-5-6-12/h1-4,7-9,12,24,27-28H,5-6H2. The molecule has 0 amide bonds. The summed E-state index contributed by atoms with van der Waals surface area (Å²) in [6.45, 7) is 0. The van der Waals surface area contributed by atoms with Gasteiger partial charge in [0.1, 0.15) is 4.90 Å². The topological polar surface area (TPSA) is 114 Å². The molecule has 1 saturated carbocycles. The normalized spacial score (nSPS) is 14.5. The molecule has 1 fully saturated rings. The first-order valence-corrected chi connectivity index (χ1v) is 11.0. The van der Waals surface area contributed by atoms with Crippen molar-refractivity contribution in [1.82, 2.24) is 9.13 Å². The number of nitrogens with one attached hydrogen (secondary N) is 1. The van der Waals surface area contributed by atoms with Crippen LogP contribution in [0.5, 0.6) is 11.8 Å². The molecular formula is C19H15ClF3N3O5S. The molecule has 1 heterocycles. The van der Waals surface area contributed by atoms with Gasteiger partial charge < -0.3 is 10.2 Å². The molecule has 1 aliphatic rings. The van der Waals surface area contributed by atoms with E-state index < -0.39 is 49.1 Å². The van der Waals surface area contributed by atoms with Crippen LogP contribution in [0.25, 0.3) is 5.69 Å². The molecule has 13 heteroatoms. The lowest BCUT2D eigenvalue weighted by molar-refractivity contribution is -0.137. The third kappa shape index (κ3) is 3.91. The monoisotopic (exact) mass is 489 g/mol. The van der Waals surface area contributed by atoms with Gasteiger partial charge in [-0.3, -0.25) is 9.29 Å². The fourth-order valence-corrected chi connectivity index (χ4v) is 4.77. The van der Waals surface area contributed by atoms with Crippen LogP contribution in [0.2, 0.25) is 5.02 Å². The van der Waals surface area contributed by atoms with E-state index in [0.717, 1.165) is 15.2 Å². The number of hydrogen-bond acceptors (Lipinski definition) is 5. The van der Waals surface area contributed by atoms with Crippen molar-refractivity contribution in [3.8, 4) is 17.4 Å². The van der Waals surface area contributed by atoms with Gasteiger partial charge in [0, 0.05) is 6.04 Å². The van der Waals surface area contributed by atoms with E-state index in [1.165, 1.54) is 24.3 Å². The maximum atomic E-state index is 13.0. The second-order valence-corrected chi connectivity index (χ2v) is 9.22.